The summed E-state index contributed by atoms with van der Waals surface area (Å²) in [5, 5.41) is 22.3. The average molecular weight is 480 g/mol. The molecule has 178 valence electrons. The number of nitrogens with zero attached hydrogens (tertiary/aromatic N) is 4. The van der Waals surface area contributed by atoms with E-state index in [9.17, 15) is 9.50 Å². The van der Waals surface area contributed by atoms with Crippen LogP contribution < -0.4 is 5.32 Å². The van der Waals surface area contributed by atoms with Gasteiger partial charge in [-0.2, -0.15) is 5.10 Å². The summed E-state index contributed by atoms with van der Waals surface area (Å²) >= 11 is 0. The Bertz CT molecular complexity index is 1700. The van der Waals surface area contributed by atoms with E-state index < -0.39 is 5.82 Å². The monoisotopic (exact) mass is 479 g/mol. The minimum absolute atomic E-state index is 0.132. The second-order valence-electron chi connectivity index (χ2n) is 8.56. The molecule has 4 N–H and O–H groups in total. The first-order valence-corrected chi connectivity index (χ1v) is 11.6. The van der Waals surface area contributed by atoms with Gasteiger partial charge in [0.15, 0.2) is 5.65 Å². The Kier molecular flexibility index (Phi) is 5.38. The number of aromatic nitrogens is 6. The molecule has 9 heteroatoms. The Balaban J connectivity index is 1.44. The van der Waals surface area contributed by atoms with E-state index in [4.69, 9.17) is 0 Å². The van der Waals surface area contributed by atoms with E-state index in [0.717, 1.165) is 63.6 Å². The minimum atomic E-state index is -0.507. The third-order valence-corrected chi connectivity index (χ3v) is 6.11. The van der Waals surface area contributed by atoms with Crippen molar-refractivity contribution in [3.05, 3.63) is 78.6 Å². The van der Waals surface area contributed by atoms with Gasteiger partial charge in [0, 0.05) is 59.3 Å². The fourth-order valence-electron chi connectivity index (χ4n) is 4.42. The number of benzene rings is 1. The van der Waals surface area contributed by atoms with Gasteiger partial charge in [-0.25, -0.2) is 14.4 Å². The molecule has 1 aromatic carbocycles. The Morgan fingerprint density at radius 1 is 0.944 bits per heavy atom. The van der Waals surface area contributed by atoms with Crippen LogP contribution in [0.4, 0.5) is 4.39 Å². The van der Waals surface area contributed by atoms with Gasteiger partial charge < -0.3 is 15.4 Å². The Hall–Kier alpha value is -4.63. The lowest BCUT2D eigenvalue weighted by atomic mass is 10.0. The zero-order chi connectivity index (χ0) is 24.6. The smallest absolute Gasteiger partial charge is 0.181 e. The molecule has 0 atom stereocenters. The minimum Gasteiger partial charge on any atom is -0.508 e. The third kappa shape index (κ3) is 3.95. The lowest BCUT2D eigenvalue weighted by Gasteiger charge is -2.06. The van der Waals surface area contributed by atoms with E-state index in [1.807, 2.05) is 24.5 Å². The number of halogens is 1. The van der Waals surface area contributed by atoms with Crippen molar-refractivity contribution in [2.45, 2.75) is 13.5 Å². The molecular formula is C27H22FN7O. The second kappa shape index (κ2) is 8.86. The van der Waals surface area contributed by atoms with Crippen LogP contribution in [0.5, 0.6) is 5.75 Å². The molecule has 0 aliphatic carbocycles. The number of hydrogen-bond acceptors (Lipinski definition) is 6. The summed E-state index contributed by atoms with van der Waals surface area (Å²) in [4.78, 5) is 16.7. The molecular weight excluding hydrogens is 457 g/mol. The summed E-state index contributed by atoms with van der Waals surface area (Å²) in [5.74, 6) is -0.638. The van der Waals surface area contributed by atoms with Gasteiger partial charge in [0.25, 0.3) is 0 Å². The molecule has 6 aromatic rings. The summed E-state index contributed by atoms with van der Waals surface area (Å²) in [6.07, 6.45) is 7.13. The van der Waals surface area contributed by atoms with Crippen molar-refractivity contribution in [2.24, 2.45) is 0 Å². The Morgan fingerprint density at radius 2 is 1.83 bits per heavy atom. The number of phenols is 1. The van der Waals surface area contributed by atoms with E-state index >= 15 is 0 Å². The third-order valence-electron chi connectivity index (χ3n) is 6.11. The van der Waals surface area contributed by atoms with Crippen LogP contribution in [0.25, 0.3) is 55.7 Å². The fraction of sp³-hybridized carbons (Fsp3) is 0.111. The predicted octanol–water partition coefficient (Wildman–Crippen LogP) is 5.18. The second-order valence-corrected chi connectivity index (χ2v) is 8.56. The van der Waals surface area contributed by atoms with Gasteiger partial charge in [-0.3, -0.25) is 10.1 Å². The van der Waals surface area contributed by atoms with Gasteiger partial charge >= 0.3 is 0 Å². The van der Waals surface area contributed by atoms with Crippen LogP contribution in [-0.2, 0) is 6.54 Å². The van der Waals surface area contributed by atoms with Crippen molar-refractivity contribution in [1.29, 1.82) is 0 Å². The standard InChI is InChI=1S/C27H22FN7O/c1-2-29-11-15-5-17(13-30-12-15)18-8-23-25(34-35-27(23)32-14-18)24-10-22-21(3-4-31-26(22)33-24)16-6-19(28)9-20(36)7-16/h3-10,12-14,29,36H,2,11H2,1H3,(H,31,33)(H,32,34,35). The van der Waals surface area contributed by atoms with Gasteiger partial charge in [0.1, 0.15) is 17.2 Å². The van der Waals surface area contributed by atoms with Gasteiger partial charge in [0.2, 0.25) is 0 Å². The molecule has 0 aliphatic rings. The van der Waals surface area contributed by atoms with Crippen LogP contribution in [0.15, 0.2) is 67.3 Å². The topological polar surface area (TPSA) is 115 Å². The maximum atomic E-state index is 14.0. The van der Waals surface area contributed by atoms with Gasteiger partial charge in [-0.1, -0.05) is 6.92 Å². The summed E-state index contributed by atoms with van der Waals surface area (Å²) < 4.78 is 14.0. The van der Waals surface area contributed by atoms with E-state index in [2.05, 4.69) is 48.4 Å². The molecule has 5 heterocycles. The van der Waals surface area contributed by atoms with Crippen LogP contribution in [0.2, 0.25) is 0 Å². The highest BCUT2D eigenvalue weighted by molar-refractivity contribution is 5.99. The molecule has 0 saturated carbocycles. The van der Waals surface area contributed by atoms with E-state index in [0.29, 0.717) is 16.9 Å². The van der Waals surface area contributed by atoms with Crippen molar-refractivity contribution < 1.29 is 9.50 Å². The summed E-state index contributed by atoms with van der Waals surface area (Å²) in [7, 11) is 0. The lowest BCUT2D eigenvalue weighted by molar-refractivity contribution is 0.469. The van der Waals surface area contributed by atoms with Crippen molar-refractivity contribution in [3.8, 4) is 39.4 Å². The number of phenolic OH excluding ortho intramolecular Hbond substituents is 1. The normalized spacial score (nSPS) is 11.5. The average Bonchev–Trinajstić information content (AvgIpc) is 3.50. The predicted molar refractivity (Wildman–Crippen MR) is 137 cm³/mol. The Labute approximate surface area is 205 Å². The SMILES string of the molecule is CCNCc1cncc(-c2cnc3n[nH]c(-c4cc5c(-c6cc(O)cc(F)c6)ccnc5[nH]4)c3c2)c1. The van der Waals surface area contributed by atoms with Crippen molar-refractivity contribution >= 4 is 22.1 Å². The molecule has 0 aliphatic heterocycles. The molecule has 0 fully saturated rings. The quantitative estimate of drug-likeness (QED) is 0.262. The van der Waals surface area contributed by atoms with Gasteiger partial charge in [0.05, 0.1) is 11.4 Å². The first-order chi connectivity index (χ1) is 17.6. The number of rotatable bonds is 6. The lowest BCUT2D eigenvalue weighted by Crippen LogP contribution is -2.11. The fourth-order valence-corrected chi connectivity index (χ4v) is 4.42. The highest BCUT2D eigenvalue weighted by atomic mass is 19.1. The zero-order valence-corrected chi connectivity index (χ0v) is 19.4. The van der Waals surface area contributed by atoms with Crippen molar-refractivity contribution in [1.82, 2.24) is 35.5 Å². The van der Waals surface area contributed by atoms with E-state index in [-0.39, 0.29) is 5.75 Å². The highest BCUT2D eigenvalue weighted by Crippen LogP contribution is 2.35. The summed E-state index contributed by atoms with van der Waals surface area (Å²) in [6.45, 7) is 3.70. The van der Waals surface area contributed by atoms with Crippen LogP contribution in [0, 0.1) is 5.82 Å². The van der Waals surface area contributed by atoms with Crippen LogP contribution in [0.1, 0.15) is 12.5 Å². The van der Waals surface area contributed by atoms with Crippen LogP contribution in [-0.4, -0.2) is 41.8 Å². The Morgan fingerprint density at radius 3 is 2.69 bits per heavy atom. The highest BCUT2D eigenvalue weighted by Gasteiger charge is 2.16. The molecule has 0 spiro atoms. The van der Waals surface area contributed by atoms with E-state index in [1.54, 1.807) is 18.5 Å². The molecule has 0 radical (unpaired) electrons. The number of aromatic amines is 2. The molecule has 5 aromatic heterocycles. The van der Waals surface area contributed by atoms with Crippen molar-refractivity contribution in [2.75, 3.05) is 6.54 Å². The maximum Gasteiger partial charge on any atom is 0.181 e. The number of aromatic hydroxyl groups is 1. The van der Waals surface area contributed by atoms with Crippen molar-refractivity contribution in [3.63, 3.8) is 0 Å². The molecule has 8 nitrogen and oxygen atoms in total. The van der Waals surface area contributed by atoms with E-state index in [1.165, 1.54) is 12.1 Å². The summed E-state index contributed by atoms with van der Waals surface area (Å²) in [5.41, 5.74) is 7.08. The van der Waals surface area contributed by atoms with Crippen LogP contribution in [0.3, 0.4) is 0 Å². The number of hydrogen-bond donors (Lipinski definition) is 4. The van der Waals surface area contributed by atoms with Crippen LogP contribution >= 0.6 is 0 Å². The first kappa shape index (κ1) is 21.9. The van der Waals surface area contributed by atoms with Gasteiger partial charge in [-0.15, -0.1) is 0 Å². The zero-order valence-electron chi connectivity index (χ0n) is 19.4. The molecule has 0 bridgehead atoms. The number of H-pyrrole nitrogens is 2. The number of pyridine rings is 3. The molecule has 0 amide bonds. The molecule has 0 unspecified atom stereocenters. The largest absolute Gasteiger partial charge is 0.508 e. The molecule has 0 saturated heterocycles. The molecule has 6 rings (SSSR count). The maximum absolute atomic E-state index is 14.0. The molecule has 36 heavy (non-hydrogen) atoms. The first-order valence-electron chi connectivity index (χ1n) is 11.6. The number of nitrogens with one attached hydrogen (secondary N) is 3. The number of fused-ring (bicyclic) bond motifs is 2. The van der Waals surface area contributed by atoms with Gasteiger partial charge in [-0.05, 0) is 59.6 Å². The summed E-state index contributed by atoms with van der Waals surface area (Å²) in [6, 6.07) is 11.9.